The Morgan fingerprint density at radius 2 is 2.00 bits per heavy atom. The quantitative estimate of drug-likeness (QED) is 0.817. The third-order valence-corrected chi connectivity index (χ3v) is 3.15. The number of hydrogen-bond acceptors (Lipinski definition) is 5. The SMILES string of the molecule is O=c1occ(CO)c(O)c1CN1CCCCC1. The van der Waals surface area contributed by atoms with Crippen molar-refractivity contribution in [2.24, 2.45) is 0 Å². The van der Waals surface area contributed by atoms with Gasteiger partial charge in [0.15, 0.2) is 0 Å². The van der Waals surface area contributed by atoms with Gasteiger partial charge in [0.25, 0.3) is 0 Å². The maximum atomic E-state index is 11.5. The molecule has 1 aliphatic rings. The number of hydrogen-bond donors (Lipinski definition) is 2. The van der Waals surface area contributed by atoms with Gasteiger partial charge < -0.3 is 14.6 Å². The maximum Gasteiger partial charge on any atom is 0.343 e. The van der Waals surface area contributed by atoms with Crippen LogP contribution in [0.2, 0.25) is 0 Å². The molecule has 0 amide bonds. The van der Waals surface area contributed by atoms with Gasteiger partial charge in [-0.25, -0.2) is 4.79 Å². The van der Waals surface area contributed by atoms with Crippen molar-refractivity contribution in [2.75, 3.05) is 13.1 Å². The Bertz CT molecular complexity index is 435. The zero-order valence-corrected chi connectivity index (χ0v) is 9.69. The molecule has 94 valence electrons. The molecular weight excluding hydrogens is 222 g/mol. The molecule has 1 aromatic rings. The van der Waals surface area contributed by atoms with Gasteiger partial charge in [-0.1, -0.05) is 6.42 Å². The fourth-order valence-electron chi connectivity index (χ4n) is 2.13. The lowest BCUT2D eigenvalue weighted by atomic mass is 10.1. The molecule has 2 heterocycles. The van der Waals surface area contributed by atoms with E-state index in [0.717, 1.165) is 32.2 Å². The van der Waals surface area contributed by atoms with E-state index < -0.39 is 5.63 Å². The van der Waals surface area contributed by atoms with Gasteiger partial charge in [-0.2, -0.15) is 0 Å². The Morgan fingerprint density at radius 3 is 2.65 bits per heavy atom. The predicted molar refractivity (Wildman–Crippen MR) is 61.7 cm³/mol. The molecule has 5 nitrogen and oxygen atoms in total. The van der Waals surface area contributed by atoms with E-state index in [1.54, 1.807) is 0 Å². The van der Waals surface area contributed by atoms with Crippen LogP contribution in [-0.4, -0.2) is 28.2 Å². The predicted octanol–water partition coefficient (Wildman–Crippen LogP) is 0.824. The summed E-state index contributed by atoms with van der Waals surface area (Å²) in [7, 11) is 0. The second-order valence-electron chi connectivity index (χ2n) is 4.37. The Kier molecular flexibility index (Phi) is 3.81. The van der Waals surface area contributed by atoms with E-state index in [0.29, 0.717) is 6.54 Å². The molecule has 0 spiro atoms. The van der Waals surface area contributed by atoms with Crippen LogP contribution in [0.15, 0.2) is 15.5 Å². The van der Waals surface area contributed by atoms with E-state index in [4.69, 9.17) is 9.52 Å². The molecule has 1 aromatic heterocycles. The Labute approximate surface area is 99.3 Å². The molecule has 0 atom stereocenters. The summed E-state index contributed by atoms with van der Waals surface area (Å²) >= 11 is 0. The zero-order chi connectivity index (χ0) is 12.3. The summed E-state index contributed by atoms with van der Waals surface area (Å²) in [5.41, 5.74) is -0.0136. The summed E-state index contributed by atoms with van der Waals surface area (Å²) in [6, 6.07) is 0. The Hall–Kier alpha value is -1.33. The number of piperidine rings is 1. The van der Waals surface area contributed by atoms with Crippen molar-refractivity contribution in [3.05, 3.63) is 27.8 Å². The molecule has 0 radical (unpaired) electrons. The normalized spacial score (nSPS) is 17.2. The molecule has 0 aromatic carbocycles. The summed E-state index contributed by atoms with van der Waals surface area (Å²) < 4.78 is 4.80. The van der Waals surface area contributed by atoms with Gasteiger partial charge >= 0.3 is 5.63 Å². The topological polar surface area (TPSA) is 73.9 Å². The van der Waals surface area contributed by atoms with Crippen LogP contribution in [-0.2, 0) is 13.2 Å². The van der Waals surface area contributed by atoms with Crippen molar-refractivity contribution in [3.63, 3.8) is 0 Å². The zero-order valence-electron chi connectivity index (χ0n) is 9.69. The first kappa shape index (κ1) is 12.1. The molecule has 5 heteroatoms. The highest BCUT2D eigenvalue weighted by molar-refractivity contribution is 5.35. The highest BCUT2D eigenvalue weighted by atomic mass is 16.4. The number of aliphatic hydroxyl groups is 1. The van der Waals surface area contributed by atoms with Gasteiger partial charge in [0.1, 0.15) is 12.0 Å². The van der Waals surface area contributed by atoms with Crippen molar-refractivity contribution < 1.29 is 14.6 Å². The third-order valence-electron chi connectivity index (χ3n) is 3.15. The standard InChI is InChI=1S/C12H17NO4/c14-7-9-8-17-12(16)10(11(9)15)6-13-4-2-1-3-5-13/h8,14-15H,1-7H2. The molecule has 1 saturated heterocycles. The van der Waals surface area contributed by atoms with Crippen LogP contribution in [0.5, 0.6) is 5.75 Å². The van der Waals surface area contributed by atoms with E-state index in [9.17, 15) is 9.90 Å². The smallest absolute Gasteiger partial charge is 0.343 e. The lowest BCUT2D eigenvalue weighted by Crippen LogP contribution is -2.31. The molecular formula is C12H17NO4. The first-order valence-corrected chi connectivity index (χ1v) is 5.88. The molecule has 0 saturated carbocycles. The second-order valence-corrected chi connectivity index (χ2v) is 4.37. The van der Waals surface area contributed by atoms with Crippen LogP contribution in [0.1, 0.15) is 30.4 Å². The van der Waals surface area contributed by atoms with E-state index in [2.05, 4.69) is 4.90 Å². The number of rotatable bonds is 3. The van der Waals surface area contributed by atoms with Crippen LogP contribution < -0.4 is 5.63 Å². The molecule has 17 heavy (non-hydrogen) atoms. The monoisotopic (exact) mass is 239 g/mol. The van der Waals surface area contributed by atoms with Crippen LogP contribution >= 0.6 is 0 Å². The first-order valence-electron chi connectivity index (χ1n) is 5.88. The first-order chi connectivity index (χ1) is 8.22. The summed E-state index contributed by atoms with van der Waals surface area (Å²) in [5.74, 6) is -0.130. The molecule has 1 aliphatic heterocycles. The van der Waals surface area contributed by atoms with E-state index >= 15 is 0 Å². The maximum absolute atomic E-state index is 11.5. The summed E-state index contributed by atoms with van der Waals surface area (Å²) in [6.45, 7) is 1.93. The second kappa shape index (κ2) is 5.33. The lowest BCUT2D eigenvalue weighted by Gasteiger charge is -2.26. The van der Waals surface area contributed by atoms with E-state index in [1.807, 2.05) is 0 Å². The third kappa shape index (κ3) is 2.68. The molecule has 1 fully saturated rings. The summed E-state index contributed by atoms with van der Waals surface area (Å²) in [6.07, 6.45) is 4.56. The van der Waals surface area contributed by atoms with Crippen LogP contribution in [0, 0.1) is 0 Å². The summed E-state index contributed by atoms with van der Waals surface area (Å²) in [4.78, 5) is 13.7. The number of aliphatic hydroxyl groups excluding tert-OH is 1. The minimum Gasteiger partial charge on any atom is -0.507 e. The average molecular weight is 239 g/mol. The number of nitrogens with zero attached hydrogens (tertiary/aromatic N) is 1. The van der Waals surface area contributed by atoms with Crippen molar-refractivity contribution in [1.82, 2.24) is 4.90 Å². The van der Waals surface area contributed by atoms with E-state index in [1.165, 1.54) is 6.42 Å². The van der Waals surface area contributed by atoms with Gasteiger partial charge in [0.05, 0.1) is 17.7 Å². The van der Waals surface area contributed by atoms with Gasteiger partial charge in [-0.15, -0.1) is 0 Å². The molecule has 0 unspecified atom stereocenters. The minimum atomic E-state index is -0.523. The molecule has 2 rings (SSSR count). The largest absolute Gasteiger partial charge is 0.507 e. The van der Waals surface area contributed by atoms with Crippen LogP contribution in [0.4, 0.5) is 0 Å². The van der Waals surface area contributed by atoms with Crippen molar-refractivity contribution in [1.29, 1.82) is 0 Å². The van der Waals surface area contributed by atoms with Crippen LogP contribution in [0.25, 0.3) is 0 Å². The van der Waals surface area contributed by atoms with Crippen molar-refractivity contribution in [2.45, 2.75) is 32.4 Å². The van der Waals surface area contributed by atoms with Gasteiger partial charge in [0.2, 0.25) is 0 Å². The fraction of sp³-hybridized carbons (Fsp3) is 0.583. The minimum absolute atomic E-state index is 0.130. The Balaban J connectivity index is 2.21. The highest BCUT2D eigenvalue weighted by Crippen LogP contribution is 2.22. The average Bonchev–Trinajstić information content (AvgIpc) is 2.36. The lowest BCUT2D eigenvalue weighted by molar-refractivity contribution is 0.213. The number of aromatic hydroxyl groups is 1. The number of likely N-dealkylation sites (tertiary alicyclic amines) is 1. The van der Waals surface area contributed by atoms with Gasteiger partial charge in [0, 0.05) is 6.54 Å². The van der Waals surface area contributed by atoms with Crippen LogP contribution in [0.3, 0.4) is 0 Å². The fourth-order valence-corrected chi connectivity index (χ4v) is 2.13. The molecule has 0 bridgehead atoms. The highest BCUT2D eigenvalue weighted by Gasteiger charge is 2.18. The molecule has 2 N–H and O–H groups in total. The summed E-state index contributed by atoms with van der Waals surface area (Å²) in [5, 5.41) is 18.9. The van der Waals surface area contributed by atoms with Crippen molar-refractivity contribution >= 4 is 0 Å². The van der Waals surface area contributed by atoms with Crippen molar-refractivity contribution in [3.8, 4) is 5.75 Å². The molecule has 0 aliphatic carbocycles. The van der Waals surface area contributed by atoms with Gasteiger partial charge in [-0.3, -0.25) is 4.90 Å². The Morgan fingerprint density at radius 1 is 1.29 bits per heavy atom. The van der Waals surface area contributed by atoms with Gasteiger partial charge in [-0.05, 0) is 25.9 Å². The van der Waals surface area contributed by atoms with E-state index in [-0.39, 0.29) is 23.5 Å².